The fourth-order valence-electron chi connectivity index (χ4n) is 1.43. The summed E-state index contributed by atoms with van der Waals surface area (Å²) in [5, 5.41) is 8.65. The Bertz CT molecular complexity index is 187. The molecular formula is C9H13ClN2. The number of rotatable bonds is 2. The summed E-state index contributed by atoms with van der Waals surface area (Å²) in [7, 11) is 0. The first-order chi connectivity index (χ1) is 5.86. The largest absolute Gasteiger partial charge is 0.300 e. The van der Waals surface area contributed by atoms with E-state index in [4.69, 9.17) is 16.9 Å². The Morgan fingerprint density at radius 2 is 2.17 bits per heavy atom. The molecule has 0 atom stereocenters. The molecule has 0 aromatic rings. The Morgan fingerprint density at radius 3 is 2.67 bits per heavy atom. The summed E-state index contributed by atoms with van der Waals surface area (Å²) < 4.78 is 0. The van der Waals surface area contributed by atoms with Crippen LogP contribution in [0.15, 0.2) is 11.6 Å². The van der Waals surface area contributed by atoms with E-state index in [-0.39, 0.29) is 5.92 Å². The highest BCUT2D eigenvalue weighted by Gasteiger charge is 2.16. The normalized spacial score (nSPS) is 21.3. The van der Waals surface area contributed by atoms with E-state index < -0.39 is 0 Å². The third kappa shape index (κ3) is 2.84. The summed E-state index contributed by atoms with van der Waals surface area (Å²) in [6.07, 6.45) is 3.95. The van der Waals surface area contributed by atoms with Crippen LogP contribution in [-0.2, 0) is 0 Å². The summed E-state index contributed by atoms with van der Waals surface area (Å²) in [6.45, 7) is 2.97. The maximum absolute atomic E-state index is 8.65. The lowest BCUT2D eigenvalue weighted by molar-refractivity contribution is 0.225. The van der Waals surface area contributed by atoms with Gasteiger partial charge in [0.1, 0.15) is 0 Å². The van der Waals surface area contributed by atoms with E-state index in [1.54, 1.807) is 5.54 Å². The fraction of sp³-hybridized carbons (Fsp3) is 0.667. The van der Waals surface area contributed by atoms with Gasteiger partial charge in [-0.2, -0.15) is 5.26 Å². The van der Waals surface area contributed by atoms with E-state index in [1.165, 1.54) is 0 Å². The van der Waals surface area contributed by atoms with E-state index in [1.807, 2.05) is 6.08 Å². The lowest BCUT2D eigenvalue weighted by Gasteiger charge is -2.27. The average molecular weight is 185 g/mol. The summed E-state index contributed by atoms with van der Waals surface area (Å²) in [5.74, 6) is 0.279. The van der Waals surface area contributed by atoms with E-state index >= 15 is 0 Å². The molecule has 1 aliphatic rings. The van der Waals surface area contributed by atoms with Crippen molar-refractivity contribution in [3.8, 4) is 6.07 Å². The highest BCUT2D eigenvalue weighted by atomic mass is 35.5. The number of piperidine rings is 1. The third-order valence-corrected chi connectivity index (χ3v) is 2.40. The van der Waals surface area contributed by atoms with Crippen molar-refractivity contribution in [2.75, 3.05) is 19.6 Å². The number of nitriles is 1. The van der Waals surface area contributed by atoms with Gasteiger partial charge in [0.05, 0.1) is 6.07 Å². The van der Waals surface area contributed by atoms with Crippen LogP contribution in [-0.4, -0.2) is 24.5 Å². The Kier molecular flexibility index (Phi) is 4.13. The zero-order valence-corrected chi connectivity index (χ0v) is 7.80. The van der Waals surface area contributed by atoms with Crippen molar-refractivity contribution < 1.29 is 0 Å². The maximum atomic E-state index is 8.65. The Labute approximate surface area is 78.4 Å². The molecule has 0 unspecified atom stereocenters. The molecule has 0 bridgehead atoms. The van der Waals surface area contributed by atoms with Crippen molar-refractivity contribution in [3.63, 3.8) is 0 Å². The van der Waals surface area contributed by atoms with Crippen LogP contribution in [0.25, 0.3) is 0 Å². The van der Waals surface area contributed by atoms with Crippen molar-refractivity contribution >= 4 is 11.6 Å². The van der Waals surface area contributed by atoms with Gasteiger partial charge in [-0.15, -0.1) is 0 Å². The predicted molar refractivity (Wildman–Crippen MR) is 49.8 cm³/mol. The second-order valence-electron chi connectivity index (χ2n) is 3.07. The van der Waals surface area contributed by atoms with Crippen molar-refractivity contribution in [2.45, 2.75) is 12.8 Å². The molecule has 0 N–H and O–H groups in total. The minimum absolute atomic E-state index is 0.279. The molecule has 0 radical (unpaired) electrons. The van der Waals surface area contributed by atoms with Crippen LogP contribution in [0, 0.1) is 17.2 Å². The van der Waals surface area contributed by atoms with Gasteiger partial charge in [-0.1, -0.05) is 17.7 Å². The van der Waals surface area contributed by atoms with Crippen molar-refractivity contribution in [2.24, 2.45) is 5.92 Å². The predicted octanol–water partition coefficient (Wildman–Crippen LogP) is 1.97. The number of likely N-dealkylation sites (tertiary alicyclic amines) is 1. The molecule has 1 heterocycles. The fourth-order valence-corrected chi connectivity index (χ4v) is 1.51. The summed E-state index contributed by atoms with van der Waals surface area (Å²) in [4.78, 5) is 2.31. The van der Waals surface area contributed by atoms with Gasteiger partial charge in [0.25, 0.3) is 0 Å². The van der Waals surface area contributed by atoms with Crippen LogP contribution in [0.2, 0.25) is 0 Å². The Balaban J connectivity index is 2.22. The maximum Gasteiger partial charge on any atom is 0.0656 e. The topological polar surface area (TPSA) is 27.0 Å². The van der Waals surface area contributed by atoms with Crippen LogP contribution in [0.1, 0.15) is 12.8 Å². The first-order valence-electron chi connectivity index (χ1n) is 4.24. The molecule has 0 aliphatic carbocycles. The monoisotopic (exact) mass is 184 g/mol. The number of hydrogen-bond donors (Lipinski definition) is 0. The summed E-state index contributed by atoms with van der Waals surface area (Å²) in [5.41, 5.74) is 1.55. The Morgan fingerprint density at radius 1 is 1.50 bits per heavy atom. The van der Waals surface area contributed by atoms with Crippen molar-refractivity contribution in [3.05, 3.63) is 11.6 Å². The highest BCUT2D eigenvalue weighted by Crippen LogP contribution is 2.15. The van der Waals surface area contributed by atoms with Gasteiger partial charge < -0.3 is 0 Å². The van der Waals surface area contributed by atoms with Crippen molar-refractivity contribution in [1.82, 2.24) is 4.90 Å². The quantitative estimate of drug-likeness (QED) is 0.656. The third-order valence-electron chi connectivity index (χ3n) is 2.22. The average Bonchev–Trinajstić information content (AvgIpc) is 2.15. The number of nitrogens with zero attached hydrogens (tertiary/aromatic N) is 2. The second-order valence-corrected chi connectivity index (χ2v) is 3.32. The number of hydrogen-bond acceptors (Lipinski definition) is 2. The lowest BCUT2D eigenvalue weighted by Crippen LogP contribution is -2.33. The molecule has 3 heteroatoms. The molecule has 12 heavy (non-hydrogen) atoms. The van der Waals surface area contributed by atoms with Crippen LogP contribution in [0.5, 0.6) is 0 Å². The molecule has 0 aromatic carbocycles. The first-order valence-corrected chi connectivity index (χ1v) is 4.67. The lowest BCUT2D eigenvalue weighted by atomic mass is 9.99. The van der Waals surface area contributed by atoms with E-state index in [2.05, 4.69) is 11.0 Å². The SMILES string of the molecule is N#CC1CCN(CC=CCl)CC1. The standard InChI is InChI=1S/C9H13ClN2/c10-4-1-5-12-6-2-9(8-11)3-7-12/h1,4,9H,2-3,5-7H2. The zero-order chi connectivity index (χ0) is 8.81. The van der Waals surface area contributed by atoms with Gasteiger partial charge in [0.15, 0.2) is 0 Å². The molecular weight excluding hydrogens is 172 g/mol. The number of halogens is 1. The van der Waals surface area contributed by atoms with Crippen LogP contribution in [0.4, 0.5) is 0 Å². The molecule has 0 spiro atoms. The smallest absolute Gasteiger partial charge is 0.0656 e. The molecule has 1 aliphatic heterocycles. The minimum atomic E-state index is 0.279. The zero-order valence-electron chi connectivity index (χ0n) is 7.04. The first kappa shape index (κ1) is 9.57. The molecule has 1 fully saturated rings. The molecule has 1 saturated heterocycles. The van der Waals surface area contributed by atoms with E-state index in [0.717, 1.165) is 32.5 Å². The van der Waals surface area contributed by atoms with Gasteiger partial charge in [0.2, 0.25) is 0 Å². The Hall–Kier alpha value is -0.520. The van der Waals surface area contributed by atoms with Gasteiger partial charge >= 0.3 is 0 Å². The molecule has 2 nitrogen and oxygen atoms in total. The van der Waals surface area contributed by atoms with Gasteiger partial charge in [0, 0.05) is 18.0 Å². The van der Waals surface area contributed by atoms with Gasteiger partial charge in [-0.05, 0) is 25.9 Å². The molecule has 0 saturated carbocycles. The van der Waals surface area contributed by atoms with Crippen molar-refractivity contribution in [1.29, 1.82) is 5.26 Å². The molecule has 66 valence electrons. The molecule has 1 rings (SSSR count). The van der Waals surface area contributed by atoms with Crippen LogP contribution >= 0.6 is 11.6 Å². The van der Waals surface area contributed by atoms with Gasteiger partial charge in [-0.3, -0.25) is 4.90 Å². The van der Waals surface area contributed by atoms with Crippen LogP contribution < -0.4 is 0 Å². The second kappa shape index (κ2) is 5.18. The minimum Gasteiger partial charge on any atom is -0.300 e. The summed E-state index contributed by atoms with van der Waals surface area (Å²) >= 11 is 5.42. The van der Waals surface area contributed by atoms with E-state index in [0.29, 0.717) is 0 Å². The van der Waals surface area contributed by atoms with Crippen LogP contribution in [0.3, 0.4) is 0 Å². The molecule has 0 amide bonds. The summed E-state index contributed by atoms with van der Waals surface area (Å²) in [6, 6.07) is 2.31. The molecule has 0 aromatic heterocycles. The highest BCUT2D eigenvalue weighted by molar-refractivity contribution is 6.25. The van der Waals surface area contributed by atoms with E-state index in [9.17, 15) is 0 Å². The van der Waals surface area contributed by atoms with Gasteiger partial charge in [-0.25, -0.2) is 0 Å².